The van der Waals surface area contributed by atoms with Crippen LogP contribution in [-0.2, 0) is 9.59 Å². The molecule has 0 aliphatic carbocycles. The number of hydrogen-bond acceptors (Lipinski definition) is 3. The third-order valence-electron chi connectivity index (χ3n) is 2.34. The lowest BCUT2D eigenvalue weighted by Gasteiger charge is -2.10. The van der Waals surface area contributed by atoms with Crippen molar-refractivity contribution in [2.45, 2.75) is 20.3 Å². The molecular formula is C13H18N4O2S. The van der Waals surface area contributed by atoms with Gasteiger partial charge in [-0.05, 0) is 37.7 Å². The van der Waals surface area contributed by atoms with E-state index >= 15 is 0 Å². The molecule has 7 heteroatoms. The summed E-state index contributed by atoms with van der Waals surface area (Å²) in [6, 6.07) is 7.13. The molecule has 4 N–H and O–H groups in total. The predicted octanol–water partition coefficient (Wildman–Crippen LogP) is 0.839. The highest BCUT2D eigenvalue weighted by atomic mass is 32.1. The smallest absolute Gasteiger partial charge is 0.328 e. The van der Waals surface area contributed by atoms with Gasteiger partial charge in [-0.3, -0.25) is 20.4 Å². The first-order chi connectivity index (χ1) is 9.52. The third-order valence-corrected chi connectivity index (χ3v) is 2.59. The van der Waals surface area contributed by atoms with Crippen LogP contribution >= 0.6 is 12.2 Å². The van der Waals surface area contributed by atoms with E-state index in [1.165, 1.54) is 0 Å². The van der Waals surface area contributed by atoms with E-state index in [-0.39, 0.29) is 5.11 Å². The number of rotatable bonds is 3. The molecule has 0 heterocycles. The van der Waals surface area contributed by atoms with Gasteiger partial charge >= 0.3 is 11.8 Å². The minimum absolute atomic E-state index is 0.267. The highest BCUT2D eigenvalue weighted by molar-refractivity contribution is 7.80. The summed E-state index contributed by atoms with van der Waals surface area (Å²) < 4.78 is 0. The van der Waals surface area contributed by atoms with Crippen molar-refractivity contribution < 1.29 is 9.59 Å². The maximum Gasteiger partial charge on any atom is 0.328 e. The minimum Gasteiger partial charge on any atom is -0.361 e. The van der Waals surface area contributed by atoms with Crippen LogP contribution in [0.3, 0.4) is 0 Å². The molecule has 0 aliphatic rings. The zero-order valence-corrected chi connectivity index (χ0v) is 12.3. The first kappa shape index (κ1) is 15.9. The summed E-state index contributed by atoms with van der Waals surface area (Å²) in [6.07, 6.45) is 0.906. The monoisotopic (exact) mass is 294 g/mol. The van der Waals surface area contributed by atoms with Crippen LogP contribution in [-0.4, -0.2) is 23.5 Å². The van der Waals surface area contributed by atoms with E-state index in [1.807, 2.05) is 26.0 Å². The van der Waals surface area contributed by atoms with E-state index in [0.717, 1.165) is 12.0 Å². The van der Waals surface area contributed by atoms with Crippen molar-refractivity contribution in [1.29, 1.82) is 0 Å². The molecule has 0 aromatic heterocycles. The number of amides is 2. The summed E-state index contributed by atoms with van der Waals surface area (Å²) in [5.74, 6) is -1.58. The van der Waals surface area contributed by atoms with E-state index in [2.05, 4.69) is 21.5 Å². The first-order valence-electron chi connectivity index (χ1n) is 6.24. The normalized spacial score (nSPS) is 9.50. The lowest BCUT2D eigenvalue weighted by molar-refractivity contribution is -0.136. The van der Waals surface area contributed by atoms with Crippen LogP contribution in [0.1, 0.15) is 18.9 Å². The topological polar surface area (TPSA) is 82.3 Å². The molecule has 0 saturated carbocycles. The van der Waals surface area contributed by atoms with Gasteiger partial charge in [0.25, 0.3) is 0 Å². The molecule has 20 heavy (non-hydrogen) atoms. The molecule has 0 unspecified atom stereocenters. The number of nitrogens with one attached hydrogen (secondary N) is 4. The molecule has 108 valence electrons. The fourth-order valence-corrected chi connectivity index (χ4v) is 1.43. The second-order valence-corrected chi connectivity index (χ2v) is 4.56. The quantitative estimate of drug-likeness (QED) is 0.377. The van der Waals surface area contributed by atoms with Crippen molar-refractivity contribution in [1.82, 2.24) is 16.2 Å². The van der Waals surface area contributed by atoms with Crippen LogP contribution in [0.15, 0.2) is 24.3 Å². The van der Waals surface area contributed by atoms with E-state index in [0.29, 0.717) is 12.2 Å². The largest absolute Gasteiger partial charge is 0.361 e. The Hall–Kier alpha value is -2.15. The van der Waals surface area contributed by atoms with Crippen molar-refractivity contribution >= 4 is 34.8 Å². The summed E-state index contributed by atoms with van der Waals surface area (Å²) in [4.78, 5) is 23.1. The van der Waals surface area contributed by atoms with Crippen molar-refractivity contribution in [2.24, 2.45) is 0 Å². The van der Waals surface area contributed by atoms with Crippen LogP contribution < -0.4 is 21.5 Å². The lowest BCUT2D eigenvalue weighted by Crippen LogP contribution is -2.50. The molecule has 1 aromatic rings. The zero-order valence-electron chi connectivity index (χ0n) is 11.4. The predicted molar refractivity (Wildman–Crippen MR) is 82.0 cm³/mol. The third kappa shape index (κ3) is 5.66. The molecule has 0 spiro atoms. The molecule has 1 rings (SSSR count). The minimum atomic E-state index is -0.814. The Labute approximate surface area is 123 Å². The molecule has 1 aromatic carbocycles. The first-order valence-corrected chi connectivity index (χ1v) is 6.65. The number of carbonyl (C=O) groups excluding carboxylic acids is 2. The Morgan fingerprint density at radius 2 is 1.75 bits per heavy atom. The second-order valence-electron chi connectivity index (χ2n) is 4.16. The van der Waals surface area contributed by atoms with Gasteiger partial charge in [-0.15, -0.1) is 0 Å². The number of benzene rings is 1. The van der Waals surface area contributed by atoms with Gasteiger partial charge in [0, 0.05) is 12.2 Å². The van der Waals surface area contributed by atoms with Crippen LogP contribution in [0.25, 0.3) is 0 Å². The molecule has 0 radical (unpaired) electrons. The van der Waals surface area contributed by atoms with Gasteiger partial charge in [-0.25, -0.2) is 0 Å². The Morgan fingerprint density at radius 1 is 1.10 bits per heavy atom. The van der Waals surface area contributed by atoms with Crippen LogP contribution in [0.4, 0.5) is 5.69 Å². The molecule has 0 fully saturated rings. The molecular weight excluding hydrogens is 276 g/mol. The summed E-state index contributed by atoms with van der Waals surface area (Å²) in [5.41, 5.74) is 6.30. The number of aryl methyl sites for hydroxylation is 1. The Morgan fingerprint density at radius 3 is 2.35 bits per heavy atom. The number of hydrogen-bond donors (Lipinski definition) is 4. The molecule has 6 nitrogen and oxygen atoms in total. The highest BCUT2D eigenvalue weighted by Gasteiger charge is 2.13. The standard InChI is InChI=1S/C13H18N4O2S/c1-3-8-14-13(20)17-16-12(19)11(18)15-10-6-4-9(2)5-7-10/h4-7H,3,8H2,1-2H3,(H,15,18)(H,16,19)(H2,14,17,20). The Kier molecular flexibility index (Phi) is 6.45. The van der Waals surface area contributed by atoms with Crippen molar-refractivity contribution in [3.8, 4) is 0 Å². The SMILES string of the molecule is CCCNC(=S)NNC(=O)C(=O)Nc1ccc(C)cc1. The Balaban J connectivity index is 2.37. The second kappa shape index (κ2) is 8.11. The van der Waals surface area contributed by atoms with Gasteiger partial charge in [-0.2, -0.15) is 0 Å². The maximum absolute atomic E-state index is 11.6. The van der Waals surface area contributed by atoms with E-state index in [9.17, 15) is 9.59 Å². The number of anilines is 1. The van der Waals surface area contributed by atoms with Gasteiger partial charge in [-0.1, -0.05) is 24.6 Å². The van der Waals surface area contributed by atoms with E-state index in [1.54, 1.807) is 12.1 Å². The fourth-order valence-electron chi connectivity index (χ4n) is 1.28. The highest BCUT2D eigenvalue weighted by Crippen LogP contribution is 2.07. The van der Waals surface area contributed by atoms with Crippen molar-refractivity contribution in [2.75, 3.05) is 11.9 Å². The summed E-state index contributed by atoms with van der Waals surface area (Å²) in [7, 11) is 0. The molecule has 0 saturated heterocycles. The maximum atomic E-state index is 11.6. The van der Waals surface area contributed by atoms with Gasteiger partial charge in [0.2, 0.25) is 0 Å². The van der Waals surface area contributed by atoms with Gasteiger partial charge < -0.3 is 10.6 Å². The Bertz CT molecular complexity index is 488. The van der Waals surface area contributed by atoms with Crippen LogP contribution in [0, 0.1) is 6.92 Å². The van der Waals surface area contributed by atoms with E-state index < -0.39 is 11.8 Å². The molecule has 0 atom stereocenters. The average molecular weight is 294 g/mol. The molecule has 0 bridgehead atoms. The zero-order chi connectivity index (χ0) is 15.0. The summed E-state index contributed by atoms with van der Waals surface area (Å²) in [5, 5.41) is 5.60. The average Bonchev–Trinajstić information content (AvgIpc) is 2.44. The van der Waals surface area contributed by atoms with E-state index in [4.69, 9.17) is 12.2 Å². The lowest BCUT2D eigenvalue weighted by atomic mass is 10.2. The van der Waals surface area contributed by atoms with Gasteiger partial charge in [0.05, 0.1) is 0 Å². The fraction of sp³-hybridized carbons (Fsp3) is 0.308. The molecule has 2 amide bonds. The number of carbonyl (C=O) groups is 2. The molecule has 0 aliphatic heterocycles. The summed E-state index contributed by atoms with van der Waals surface area (Å²) in [6.45, 7) is 4.62. The van der Waals surface area contributed by atoms with Gasteiger partial charge in [0.15, 0.2) is 5.11 Å². The van der Waals surface area contributed by atoms with Gasteiger partial charge in [0.1, 0.15) is 0 Å². The number of hydrazine groups is 1. The van der Waals surface area contributed by atoms with Crippen molar-refractivity contribution in [3.63, 3.8) is 0 Å². The summed E-state index contributed by atoms with van der Waals surface area (Å²) >= 11 is 4.90. The van der Waals surface area contributed by atoms with Crippen LogP contribution in [0.5, 0.6) is 0 Å². The van der Waals surface area contributed by atoms with Crippen molar-refractivity contribution in [3.05, 3.63) is 29.8 Å². The number of thiocarbonyl (C=S) groups is 1. The van der Waals surface area contributed by atoms with Crippen LogP contribution in [0.2, 0.25) is 0 Å².